The van der Waals surface area contributed by atoms with Gasteiger partial charge in [0.1, 0.15) is 17.4 Å². The number of carbonyl (C=O) groups excluding carboxylic acids is 2. The lowest BCUT2D eigenvalue weighted by atomic mass is 9.97. The van der Waals surface area contributed by atoms with E-state index in [-0.39, 0.29) is 35.4 Å². The van der Waals surface area contributed by atoms with Gasteiger partial charge < -0.3 is 21.5 Å². The second-order valence-corrected chi connectivity index (χ2v) is 9.15. The molecule has 37 heavy (non-hydrogen) atoms. The minimum Gasteiger partial charge on any atom is -0.507 e. The van der Waals surface area contributed by atoms with Gasteiger partial charge in [0, 0.05) is 16.8 Å². The van der Waals surface area contributed by atoms with Crippen LogP contribution in [0.15, 0.2) is 66.0 Å². The predicted octanol–water partition coefficient (Wildman–Crippen LogP) is 5.32. The number of halogens is 1. The lowest BCUT2D eigenvalue weighted by molar-refractivity contribution is -0.117. The van der Waals surface area contributed by atoms with Crippen LogP contribution in [0.2, 0.25) is 0 Å². The van der Waals surface area contributed by atoms with Gasteiger partial charge in [-0.15, -0.1) is 23.7 Å². The zero-order valence-electron chi connectivity index (χ0n) is 20.0. The largest absolute Gasteiger partial charge is 0.507 e. The molecule has 0 bridgehead atoms. The highest BCUT2D eigenvalue weighted by molar-refractivity contribution is 7.12. The third-order valence-electron chi connectivity index (χ3n) is 5.39. The number of nitrogens with zero attached hydrogens (tertiary/aromatic N) is 2. The number of nitrogens with two attached hydrogens (primary N) is 1. The van der Waals surface area contributed by atoms with E-state index in [2.05, 4.69) is 21.7 Å². The van der Waals surface area contributed by atoms with Crippen molar-refractivity contribution in [3.63, 3.8) is 0 Å². The van der Waals surface area contributed by atoms with Crippen LogP contribution in [-0.2, 0) is 4.79 Å². The number of aryl methyl sites for hydroxylation is 1. The summed E-state index contributed by atoms with van der Waals surface area (Å²) in [6.07, 6.45) is 0. The molecule has 4 aromatic rings. The number of phenolic OH excluding ortho intramolecular Hbond substituents is 1. The molecule has 0 aliphatic carbocycles. The lowest BCUT2D eigenvalue weighted by Gasteiger charge is -2.15. The molecule has 2 aromatic carbocycles. The maximum absolute atomic E-state index is 12.8. The Balaban J connectivity index is 0.00000380. The number of aromatic nitrogens is 1. The monoisotopic (exact) mass is 533 g/mol. The van der Waals surface area contributed by atoms with Crippen LogP contribution in [0.3, 0.4) is 0 Å². The fourth-order valence-corrected chi connectivity index (χ4v) is 4.19. The molecule has 0 fully saturated rings. The highest BCUT2D eigenvalue weighted by atomic mass is 35.5. The van der Waals surface area contributed by atoms with E-state index in [9.17, 15) is 20.0 Å². The number of nitriles is 1. The second kappa shape index (κ2) is 11.7. The zero-order valence-corrected chi connectivity index (χ0v) is 21.6. The number of nitrogens with one attached hydrogen (secondary N) is 2. The molecule has 1 unspecified atom stereocenters. The summed E-state index contributed by atoms with van der Waals surface area (Å²) in [5, 5.41) is 27.9. The van der Waals surface area contributed by atoms with Gasteiger partial charge in [-0.1, -0.05) is 24.3 Å². The average Bonchev–Trinajstić information content (AvgIpc) is 3.39. The van der Waals surface area contributed by atoms with Crippen LogP contribution in [-0.4, -0.2) is 27.9 Å². The Morgan fingerprint density at radius 3 is 2.51 bits per heavy atom. The maximum Gasteiger partial charge on any atom is 0.266 e. The van der Waals surface area contributed by atoms with E-state index in [1.807, 2.05) is 13.0 Å². The van der Waals surface area contributed by atoms with Crippen LogP contribution in [0.25, 0.3) is 22.4 Å². The van der Waals surface area contributed by atoms with Crippen molar-refractivity contribution in [1.29, 1.82) is 5.26 Å². The van der Waals surface area contributed by atoms with Gasteiger partial charge in [-0.3, -0.25) is 9.59 Å². The first-order chi connectivity index (χ1) is 17.3. The summed E-state index contributed by atoms with van der Waals surface area (Å²) >= 11 is 1.27. The maximum atomic E-state index is 12.8. The molecule has 188 valence electrons. The summed E-state index contributed by atoms with van der Waals surface area (Å²) in [5.74, 6) is -0.667. The van der Waals surface area contributed by atoms with E-state index in [1.54, 1.807) is 66.9 Å². The molecule has 0 aliphatic heterocycles. The summed E-state index contributed by atoms with van der Waals surface area (Å²) in [5.41, 5.74) is 9.07. The molecule has 2 aromatic heterocycles. The van der Waals surface area contributed by atoms with Crippen LogP contribution < -0.4 is 16.4 Å². The molecule has 0 radical (unpaired) electrons. The number of thiophene rings is 1. The van der Waals surface area contributed by atoms with Crippen molar-refractivity contribution in [2.24, 2.45) is 5.73 Å². The Kier molecular flexibility index (Phi) is 8.63. The molecule has 2 amide bonds. The third kappa shape index (κ3) is 6.13. The normalized spacial score (nSPS) is 11.1. The van der Waals surface area contributed by atoms with Gasteiger partial charge in [-0.2, -0.15) is 5.26 Å². The first-order valence-corrected chi connectivity index (χ1v) is 11.9. The van der Waals surface area contributed by atoms with Crippen LogP contribution in [0.1, 0.15) is 27.7 Å². The summed E-state index contributed by atoms with van der Waals surface area (Å²) in [6, 6.07) is 18.7. The Morgan fingerprint density at radius 2 is 1.86 bits per heavy atom. The number of rotatable bonds is 6. The van der Waals surface area contributed by atoms with Crippen molar-refractivity contribution in [3.05, 3.63) is 82.0 Å². The summed E-state index contributed by atoms with van der Waals surface area (Å²) in [7, 11) is 0. The topological polar surface area (TPSA) is 141 Å². The molecule has 0 aliphatic rings. The molecule has 5 N–H and O–H groups in total. The minimum absolute atomic E-state index is 0. The standard InChI is InChI=1S/C27H23N5O3S.ClH/c1-15-8-9-19(23(33)11-15)22-13-20(17-5-3-6-18(12-17)30-26(34)16(2)29)21(14-28)25(31-22)32-27(35)24-7-4-10-36-24;/h3-13,16,33H,29H2,1-2H3,(H,30,34)(H,31,32,35);1H. The highest BCUT2D eigenvalue weighted by Crippen LogP contribution is 2.36. The van der Waals surface area contributed by atoms with E-state index in [4.69, 9.17) is 5.73 Å². The van der Waals surface area contributed by atoms with Gasteiger partial charge in [-0.05, 0) is 66.8 Å². The Morgan fingerprint density at radius 1 is 1.08 bits per heavy atom. The second-order valence-electron chi connectivity index (χ2n) is 8.20. The van der Waals surface area contributed by atoms with Crippen molar-refractivity contribution in [1.82, 2.24) is 4.98 Å². The van der Waals surface area contributed by atoms with Crippen molar-refractivity contribution >= 4 is 47.1 Å². The first kappa shape index (κ1) is 27.4. The SMILES string of the molecule is Cc1ccc(-c2cc(-c3cccc(NC(=O)C(C)N)c3)c(C#N)c(NC(=O)c3cccs3)n2)c(O)c1.Cl. The molecule has 2 heterocycles. The average molecular weight is 534 g/mol. The molecule has 0 spiro atoms. The van der Waals surface area contributed by atoms with E-state index in [1.165, 1.54) is 11.3 Å². The van der Waals surface area contributed by atoms with Gasteiger partial charge in [0.2, 0.25) is 5.91 Å². The van der Waals surface area contributed by atoms with Crippen molar-refractivity contribution in [3.8, 4) is 34.2 Å². The number of amides is 2. The molecule has 4 rings (SSSR count). The molecule has 0 saturated carbocycles. The van der Waals surface area contributed by atoms with Crippen molar-refractivity contribution in [2.45, 2.75) is 19.9 Å². The molecule has 10 heteroatoms. The van der Waals surface area contributed by atoms with E-state index < -0.39 is 11.9 Å². The third-order valence-corrected chi connectivity index (χ3v) is 6.26. The number of hydrogen-bond donors (Lipinski definition) is 4. The number of pyridine rings is 1. The van der Waals surface area contributed by atoms with E-state index in [0.29, 0.717) is 32.9 Å². The quantitative estimate of drug-likeness (QED) is 0.264. The van der Waals surface area contributed by atoms with Gasteiger partial charge in [0.05, 0.1) is 16.6 Å². The lowest BCUT2D eigenvalue weighted by Crippen LogP contribution is -2.32. The van der Waals surface area contributed by atoms with Gasteiger partial charge >= 0.3 is 0 Å². The summed E-state index contributed by atoms with van der Waals surface area (Å²) < 4.78 is 0. The number of hydrogen-bond acceptors (Lipinski definition) is 7. The Hall–Kier alpha value is -4.23. The molecule has 0 saturated heterocycles. The number of carbonyl (C=O) groups is 2. The first-order valence-electron chi connectivity index (χ1n) is 11.0. The Labute approximate surface area is 224 Å². The summed E-state index contributed by atoms with van der Waals surface area (Å²) in [4.78, 5) is 29.9. The number of benzene rings is 2. The smallest absolute Gasteiger partial charge is 0.266 e. The van der Waals surface area contributed by atoms with Crippen LogP contribution in [0.4, 0.5) is 11.5 Å². The molecule has 1 atom stereocenters. The molecule has 8 nitrogen and oxygen atoms in total. The number of aromatic hydroxyl groups is 1. The van der Waals surface area contributed by atoms with E-state index >= 15 is 0 Å². The minimum atomic E-state index is -0.695. The van der Waals surface area contributed by atoms with E-state index in [0.717, 1.165) is 5.56 Å². The van der Waals surface area contributed by atoms with Crippen molar-refractivity contribution in [2.75, 3.05) is 10.6 Å². The summed E-state index contributed by atoms with van der Waals surface area (Å²) in [6.45, 7) is 3.44. The molecular weight excluding hydrogens is 510 g/mol. The zero-order chi connectivity index (χ0) is 25.8. The number of anilines is 2. The van der Waals surface area contributed by atoms with Gasteiger partial charge in [0.25, 0.3) is 5.91 Å². The Bertz CT molecular complexity index is 1500. The molecular formula is C27H24ClN5O3S. The fraction of sp³-hybridized carbons (Fsp3) is 0.111. The van der Waals surface area contributed by atoms with Gasteiger partial charge in [0.15, 0.2) is 5.82 Å². The van der Waals surface area contributed by atoms with Crippen LogP contribution >= 0.6 is 23.7 Å². The highest BCUT2D eigenvalue weighted by Gasteiger charge is 2.20. The predicted molar refractivity (Wildman–Crippen MR) is 148 cm³/mol. The van der Waals surface area contributed by atoms with Crippen LogP contribution in [0, 0.1) is 18.3 Å². The van der Waals surface area contributed by atoms with Crippen LogP contribution in [0.5, 0.6) is 5.75 Å². The van der Waals surface area contributed by atoms with Crippen molar-refractivity contribution < 1.29 is 14.7 Å². The number of phenols is 1. The van der Waals surface area contributed by atoms with Gasteiger partial charge in [-0.25, -0.2) is 4.98 Å². The fourth-order valence-electron chi connectivity index (χ4n) is 3.57.